The van der Waals surface area contributed by atoms with Gasteiger partial charge in [0.05, 0.1) is 5.69 Å². The Morgan fingerprint density at radius 2 is 2.12 bits per heavy atom. The van der Waals surface area contributed by atoms with Crippen LogP contribution in [0.25, 0.3) is 11.3 Å². The number of aryl methyl sites for hydroxylation is 1. The zero-order valence-electron chi connectivity index (χ0n) is 8.60. The lowest BCUT2D eigenvalue weighted by atomic mass is 10.0. The fourth-order valence-electron chi connectivity index (χ4n) is 1.48. The molecule has 3 N–H and O–H groups in total. The summed E-state index contributed by atoms with van der Waals surface area (Å²) in [7, 11) is 0. The van der Waals surface area contributed by atoms with Crippen molar-refractivity contribution < 1.29 is 9.90 Å². The van der Waals surface area contributed by atoms with Gasteiger partial charge in [-0.3, -0.25) is 0 Å². The second kappa shape index (κ2) is 3.94. The average Bonchev–Trinajstić information content (AvgIpc) is 2.61. The van der Waals surface area contributed by atoms with E-state index in [0.29, 0.717) is 5.69 Å². The topological polar surface area (TPSA) is 76.2 Å². The van der Waals surface area contributed by atoms with Gasteiger partial charge < -0.3 is 10.8 Å². The number of hydrogen-bond donors (Lipinski definition) is 2. The Bertz CT molecular complexity index is 549. The third-order valence-corrected chi connectivity index (χ3v) is 3.17. The smallest absolute Gasteiger partial charge is 0.349 e. The first-order valence-electron chi connectivity index (χ1n) is 4.65. The Kier molecular flexibility index (Phi) is 2.62. The molecule has 2 aromatic rings. The van der Waals surface area contributed by atoms with E-state index in [4.69, 9.17) is 10.8 Å². The quantitative estimate of drug-likeness (QED) is 0.836. The van der Waals surface area contributed by atoms with Gasteiger partial charge in [0.1, 0.15) is 5.69 Å². The van der Waals surface area contributed by atoms with Gasteiger partial charge in [-0.2, -0.15) is 4.37 Å². The molecule has 5 heteroatoms. The molecule has 0 atom stereocenters. The van der Waals surface area contributed by atoms with E-state index >= 15 is 0 Å². The average molecular weight is 234 g/mol. The van der Waals surface area contributed by atoms with Crippen LogP contribution in [0.2, 0.25) is 0 Å². The maximum Gasteiger partial charge on any atom is 0.349 e. The molecule has 0 bridgehead atoms. The van der Waals surface area contributed by atoms with Gasteiger partial charge in [-0.1, -0.05) is 24.3 Å². The lowest BCUT2D eigenvalue weighted by Crippen LogP contribution is -1.98. The molecule has 1 heterocycles. The van der Waals surface area contributed by atoms with Crippen molar-refractivity contribution in [2.45, 2.75) is 6.92 Å². The minimum Gasteiger partial charge on any atom is -0.477 e. The predicted octanol–water partition coefficient (Wildman–Crippen LogP) is 2.40. The highest BCUT2D eigenvalue weighted by atomic mass is 32.1. The van der Waals surface area contributed by atoms with Crippen molar-refractivity contribution in [3.8, 4) is 11.3 Å². The Hall–Kier alpha value is -1.88. The number of aromatic nitrogens is 1. The Morgan fingerprint density at radius 1 is 1.44 bits per heavy atom. The van der Waals surface area contributed by atoms with Crippen molar-refractivity contribution >= 4 is 23.2 Å². The van der Waals surface area contributed by atoms with Crippen molar-refractivity contribution in [2.75, 3.05) is 5.73 Å². The molecule has 0 saturated carbocycles. The molecule has 1 aromatic heterocycles. The van der Waals surface area contributed by atoms with E-state index in [1.807, 2.05) is 31.2 Å². The molecule has 0 spiro atoms. The van der Waals surface area contributed by atoms with E-state index in [2.05, 4.69) is 4.37 Å². The summed E-state index contributed by atoms with van der Waals surface area (Å²) in [6.45, 7) is 1.94. The number of rotatable bonds is 2. The van der Waals surface area contributed by atoms with E-state index in [-0.39, 0.29) is 10.6 Å². The second-order valence-corrected chi connectivity index (χ2v) is 4.17. The highest BCUT2D eigenvalue weighted by molar-refractivity contribution is 7.09. The number of hydrogen-bond acceptors (Lipinski definition) is 4. The second-order valence-electron chi connectivity index (χ2n) is 3.39. The van der Waals surface area contributed by atoms with Gasteiger partial charge in [-0.15, -0.1) is 0 Å². The van der Waals surface area contributed by atoms with Crippen LogP contribution < -0.4 is 5.73 Å². The summed E-state index contributed by atoms with van der Waals surface area (Å²) in [6.07, 6.45) is 0. The first-order valence-corrected chi connectivity index (χ1v) is 5.43. The van der Waals surface area contributed by atoms with Crippen LogP contribution in [0.1, 0.15) is 15.2 Å². The molecular formula is C11H10N2O2S. The molecular weight excluding hydrogens is 224 g/mol. The monoisotopic (exact) mass is 234 g/mol. The van der Waals surface area contributed by atoms with Crippen molar-refractivity contribution in [3.63, 3.8) is 0 Å². The predicted molar refractivity (Wildman–Crippen MR) is 63.7 cm³/mol. The number of carbonyl (C=O) groups is 1. The zero-order valence-corrected chi connectivity index (χ0v) is 9.41. The molecule has 1 aromatic carbocycles. The number of carboxylic acid groups (broad SMARTS) is 1. The SMILES string of the molecule is Cc1ccccc1-c1nsc(C(=O)O)c1N. The van der Waals surface area contributed by atoms with Crippen LogP contribution in [-0.2, 0) is 0 Å². The lowest BCUT2D eigenvalue weighted by Gasteiger charge is -2.02. The first kappa shape index (κ1) is 10.6. The van der Waals surface area contributed by atoms with Crippen molar-refractivity contribution in [3.05, 3.63) is 34.7 Å². The fraction of sp³-hybridized carbons (Fsp3) is 0.0909. The van der Waals surface area contributed by atoms with Crippen LogP contribution in [0.4, 0.5) is 5.69 Å². The van der Waals surface area contributed by atoms with Gasteiger partial charge in [0.15, 0.2) is 4.88 Å². The summed E-state index contributed by atoms with van der Waals surface area (Å²) in [5.41, 5.74) is 8.47. The van der Waals surface area contributed by atoms with Crippen LogP contribution in [0, 0.1) is 6.92 Å². The van der Waals surface area contributed by atoms with E-state index in [1.165, 1.54) is 0 Å². The molecule has 2 rings (SSSR count). The van der Waals surface area contributed by atoms with Crippen molar-refractivity contribution in [1.82, 2.24) is 4.37 Å². The molecule has 0 radical (unpaired) electrons. The standard InChI is InChI=1S/C11H10N2O2S/c1-6-4-2-3-5-7(6)9-8(12)10(11(14)15)16-13-9/h2-5H,12H2,1H3,(H,14,15). The third kappa shape index (κ3) is 1.65. The molecule has 0 saturated heterocycles. The first-order chi connectivity index (χ1) is 7.61. The summed E-state index contributed by atoms with van der Waals surface area (Å²) >= 11 is 0.913. The highest BCUT2D eigenvalue weighted by Crippen LogP contribution is 2.32. The molecule has 0 amide bonds. The third-order valence-electron chi connectivity index (χ3n) is 2.32. The lowest BCUT2D eigenvalue weighted by molar-refractivity contribution is 0.0703. The van der Waals surface area contributed by atoms with Gasteiger partial charge in [0.25, 0.3) is 0 Å². The highest BCUT2D eigenvalue weighted by Gasteiger charge is 2.18. The van der Waals surface area contributed by atoms with Crippen LogP contribution in [0.5, 0.6) is 0 Å². The summed E-state index contributed by atoms with van der Waals surface area (Å²) in [6, 6.07) is 7.61. The van der Waals surface area contributed by atoms with Crippen LogP contribution in [0.3, 0.4) is 0 Å². The molecule has 16 heavy (non-hydrogen) atoms. The largest absolute Gasteiger partial charge is 0.477 e. The van der Waals surface area contributed by atoms with Gasteiger partial charge in [-0.05, 0) is 24.0 Å². The summed E-state index contributed by atoms with van der Waals surface area (Å²) < 4.78 is 4.10. The van der Waals surface area contributed by atoms with Crippen LogP contribution in [0.15, 0.2) is 24.3 Å². The molecule has 4 nitrogen and oxygen atoms in total. The van der Waals surface area contributed by atoms with Gasteiger partial charge in [-0.25, -0.2) is 4.79 Å². The number of nitrogen functional groups attached to an aromatic ring is 1. The summed E-state index contributed by atoms with van der Waals surface area (Å²) in [5, 5.41) is 8.89. The minimum atomic E-state index is -1.03. The van der Waals surface area contributed by atoms with E-state index in [9.17, 15) is 4.79 Å². The minimum absolute atomic E-state index is 0.0956. The Morgan fingerprint density at radius 3 is 2.69 bits per heavy atom. The van der Waals surface area contributed by atoms with Gasteiger partial charge in [0.2, 0.25) is 0 Å². The molecule has 0 aliphatic heterocycles. The normalized spacial score (nSPS) is 10.3. The molecule has 0 fully saturated rings. The van der Waals surface area contributed by atoms with Gasteiger partial charge in [0, 0.05) is 5.56 Å². The number of nitrogens with zero attached hydrogens (tertiary/aromatic N) is 1. The van der Waals surface area contributed by atoms with E-state index < -0.39 is 5.97 Å². The molecule has 0 aliphatic rings. The molecule has 82 valence electrons. The Balaban J connectivity index is 2.58. The number of benzene rings is 1. The Labute approximate surface area is 96.5 Å². The van der Waals surface area contributed by atoms with E-state index in [1.54, 1.807) is 0 Å². The molecule has 0 aliphatic carbocycles. The maximum absolute atomic E-state index is 10.8. The number of anilines is 1. The van der Waals surface area contributed by atoms with Crippen LogP contribution in [-0.4, -0.2) is 15.4 Å². The molecule has 0 unspecified atom stereocenters. The summed E-state index contributed by atoms with van der Waals surface area (Å²) in [4.78, 5) is 10.9. The van der Waals surface area contributed by atoms with Gasteiger partial charge >= 0.3 is 5.97 Å². The number of nitrogens with two attached hydrogens (primary N) is 1. The van der Waals surface area contributed by atoms with Crippen molar-refractivity contribution in [2.24, 2.45) is 0 Å². The van der Waals surface area contributed by atoms with E-state index in [0.717, 1.165) is 22.7 Å². The number of aromatic carboxylic acids is 1. The number of carboxylic acids is 1. The maximum atomic E-state index is 10.8. The zero-order chi connectivity index (χ0) is 11.7. The van der Waals surface area contributed by atoms with Crippen molar-refractivity contribution in [1.29, 1.82) is 0 Å². The van der Waals surface area contributed by atoms with Crippen LogP contribution >= 0.6 is 11.5 Å². The fourth-order valence-corrected chi connectivity index (χ4v) is 2.14. The summed E-state index contributed by atoms with van der Waals surface area (Å²) in [5.74, 6) is -1.03.